The Morgan fingerprint density at radius 3 is 2.11 bits per heavy atom. The third-order valence-electron chi connectivity index (χ3n) is 10.3. The van der Waals surface area contributed by atoms with Crippen molar-refractivity contribution < 1.29 is 38.2 Å². The quantitative estimate of drug-likeness (QED) is 0.0546. The van der Waals surface area contributed by atoms with Crippen LogP contribution < -0.4 is 53.3 Å². The predicted octanol–water partition coefficient (Wildman–Crippen LogP) is 1.19. The van der Waals surface area contributed by atoms with E-state index in [1.54, 1.807) is 36.4 Å². The van der Waals surface area contributed by atoms with E-state index in [4.69, 9.17) is 31.9 Å². The van der Waals surface area contributed by atoms with Crippen molar-refractivity contribution in [1.82, 2.24) is 31.5 Å². The average Bonchev–Trinajstić information content (AvgIpc) is 3.26. The van der Waals surface area contributed by atoms with Gasteiger partial charge in [0.25, 0.3) is 0 Å². The second-order valence-electron chi connectivity index (χ2n) is 15.3. The highest BCUT2D eigenvalue weighted by molar-refractivity contribution is 5.96. The minimum absolute atomic E-state index is 0.00453. The van der Waals surface area contributed by atoms with Gasteiger partial charge in [0.2, 0.25) is 35.4 Å². The van der Waals surface area contributed by atoms with Gasteiger partial charge in [0.15, 0.2) is 0 Å². The summed E-state index contributed by atoms with van der Waals surface area (Å²) in [7, 11) is 1.40. The molecule has 340 valence electrons. The van der Waals surface area contributed by atoms with Crippen molar-refractivity contribution in [3.63, 3.8) is 0 Å². The fourth-order valence-electron chi connectivity index (χ4n) is 7.02. The van der Waals surface area contributed by atoms with Crippen LogP contribution in [0.3, 0.4) is 0 Å². The molecule has 6 amide bonds. The summed E-state index contributed by atoms with van der Waals surface area (Å²) in [6.07, 6.45) is 7.54. The topological polar surface area (TPSA) is 286 Å². The van der Waals surface area contributed by atoms with Crippen molar-refractivity contribution in [2.24, 2.45) is 17.2 Å². The van der Waals surface area contributed by atoms with Crippen LogP contribution >= 0.6 is 0 Å². The van der Waals surface area contributed by atoms with Gasteiger partial charge < -0.3 is 58.2 Å². The van der Waals surface area contributed by atoms with E-state index in [9.17, 15) is 28.8 Å². The number of hydrogen-bond donors (Lipinski definition) is 8. The van der Waals surface area contributed by atoms with Crippen molar-refractivity contribution in [3.05, 3.63) is 47.5 Å². The molecule has 1 aliphatic rings. The second-order valence-corrected chi connectivity index (χ2v) is 15.3. The third-order valence-corrected chi connectivity index (χ3v) is 10.3. The van der Waals surface area contributed by atoms with Crippen LogP contribution in [0.2, 0.25) is 0 Å². The number of ether oxygens (including phenoxy) is 2. The molecule has 0 fully saturated rings. The lowest BCUT2D eigenvalue weighted by Gasteiger charge is -2.32. The van der Waals surface area contributed by atoms with E-state index < -0.39 is 53.7 Å². The first kappa shape index (κ1) is 50.6. The van der Waals surface area contributed by atoms with Crippen LogP contribution in [0.25, 0.3) is 11.1 Å². The molecule has 11 N–H and O–H groups in total. The lowest BCUT2D eigenvalue weighted by atomic mass is 9.93. The fraction of sp³-hybridized carbons (Fsp3) is 0.568. The zero-order chi connectivity index (χ0) is 45.4. The number of rotatable bonds is 24. The number of nitrogens with one attached hydrogen (secondary N) is 5. The highest BCUT2D eigenvalue weighted by Gasteiger charge is 2.36. The molecule has 1 heterocycles. The van der Waals surface area contributed by atoms with Crippen molar-refractivity contribution >= 4 is 35.4 Å². The second kappa shape index (κ2) is 27.2. The molecule has 3 rings (SSSR count). The van der Waals surface area contributed by atoms with Crippen LogP contribution in [-0.2, 0) is 35.2 Å². The highest BCUT2D eigenvalue weighted by Crippen LogP contribution is 2.40. The number of unbranched alkanes of at least 4 members (excludes halogenated alkanes) is 6. The molecule has 0 aromatic heterocycles. The van der Waals surface area contributed by atoms with Gasteiger partial charge in [-0.2, -0.15) is 5.26 Å². The lowest BCUT2D eigenvalue weighted by molar-refractivity contribution is -0.143. The number of likely N-dealkylation sites (N-methyl/N-ethyl adjacent to an activating group) is 1. The monoisotopic (exact) mass is 863 g/mol. The maximum atomic E-state index is 14.4. The van der Waals surface area contributed by atoms with E-state index in [1.165, 1.54) is 44.6 Å². The highest BCUT2D eigenvalue weighted by atomic mass is 16.5. The molecule has 2 aromatic carbocycles. The summed E-state index contributed by atoms with van der Waals surface area (Å²) < 4.78 is 12.1. The van der Waals surface area contributed by atoms with Crippen LogP contribution in [-0.4, -0.2) is 111 Å². The Labute approximate surface area is 364 Å². The number of amides is 6. The van der Waals surface area contributed by atoms with Gasteiger partial charge in [-0.05, 0) is 61.7 Å². The predicted molar refractivity (Wildman–Crippen MR) is 234 cm³/mol. The SMILES string of the molecule is CCCCCCCCCNC(=O)CCC(=O)N[C@@H](CCN)C(=O)N(C)[C@@H]1C(=O)N[C@@H](C)C(=O)N[C@H](C(=O)NCC#N)Cc2ccc(OCCN)c(c2)-c2cc1ccc2OCCN. The number of carbonyl (C=O) groups is 6. The molecule has 0 saturated carbocycles. The van der Waals surface area contributed by atoms with E-state index in [-0.39, 0.29) is 71.0 Å². The fourth-order valence-corrected chi connectivity index (χ4v) is 7.02. The molecule has 18 heteroatoms. The Morgan fingerprint density at radius 1 is 0.839 bits per heavy atom. The van der Waals surface area contributed by atoms with Gasteiger partial charge in [-0.25, -0.2) is 0 Å². The summed E-state index contributed by atoms with van der Waals surface area (Å²) in [5.74, 6) is -2.77. The smallest absolute Gasteiger partial charge is 0.248 e. The molecule has 0 spiro atoms. The average molecular weight is 863 g/mol. The summed E-state index contributed by atoms with van der Waals surface area (Å²) >= 11 is 0. The molecule has 62 heavy (non-hydrogen) atoms. The molecule has 0 unspecified atom stereocenters. The zero-order valence-electron chi connectivity index (χ0n) is 36.4. The van der Waals surface area contributed by atoms with Gasteiger partial charge >= 0.3 is 0 Å². The number of nitrogens with two attached hydrogens (primary N) is 3. The molecule has 0 saturated heterocycles. The number of benzene rings is 2. The lowest BCUT2D eigenvalue weighted by Crippen LogP contribution is -2.56. The minimum Gasteiger partial charge on any atom is -0.492 e. The zero-order valence-corrected chi connectivity index (χ0v) is 36.4. The van der Waals surface area contributed by atoms with Crippen LogP contribution in [0.4, 0.5) is 0 Å². The summed E-state index contributed by atoms with van der Waals surface area (Å²) in [4.78, 5) is 82.5. The number of nitrogens with zero attached hydrogens (tertiary/aromatic N) is 2. The summed E-state index contributed by atoms with van der Waals surface area (Å²) in [6.45, 7) is 4.52. The van der Waals surface area contributed by atoms with Crippen molar-refractivity contribution in [2.45, 2.75) is 109 Å². The summed E-state index contributed by atoms with van der Waals surface area (Å²) in [5.41, 5.74) is 19.4. The molecule has 0 aliphatic carbocycles. The van der Waals surface area contributed by atoms with E-state index in [1.807, 2.05) is 6.07 Å². The van der Waals surface area contributed by atoms with Crippen molar-refractivity contribution in [1.29, 1.82) is 5.26 Å². The van der Waals surface area contributed by atoms with Crippen LogP contribution in [0.5, 0.6) is 11.5 Å². The van der Waals surface area contributed by atoms with Gasteiger partial charge in [-0.15, -0.1) is 0 Å². The van der Waals surface area contributed by atoms with Crippen LogP contribution in [0.1, 0.15) is 95.2 Å². The van der Waals surface area contributed by atoms with E-state index in [0.717, 1.165) is 19.3 Å². The van der Waals surface area contributed by atoms with Gasteiger partial charge in [-0.3, -0.25) is 28.8 Å². The van der Waals surface area contributed by atoms with Crippen LogP contribution in [0.15, 0.2) is 36.4 Å². The van der Waals surface area contributed by atoms with Gasteiger partial charge in [0, 0.05) is 57.1 Å². The Balaban J connectivity index is 1.99. The Morgan fingerprint density at radius 2 is 1.47 bits per heavy atom. The molecule has 18 nitrogen and oxygen atoms in total. The van der Waals surface area contributed by atoms with Gasteiger partial charge in [-0.1, -0.05) is 57.6 Å². The third kappa shape index (κ3) is 15.9. The normalized spacial score (nSPS) is 16.6. The molecule has 1 aliphatic heterocycles. The standard InChI is InChI=1S/C44H66N10O8/c1-4-5-6-7-8-9-10-22-49-38(55)15-16-39(56)52-34(17-18-45)44(60)54(3)40-31-12-14-37(62-25-21-48)33(28-31)32-26-30(11-13-36(32)61-24-20-47)27-35(42(58)50-23-19-46)53-41(57)29(2)51-43(40)59/h11-14,26,28-29,34-35,40H,4-10,15-18,20-25,27,45,47-48H2,1-3H3,(H,49,55)(H,50,58)(H,51,59)(H,52,56)(H,53,57)/t29-,34-,35-,40-/m0/s1. The molecule has 0 radical (unpaired) electrons. The first-order valence-electron chi connectivity index (χ1n) is 21.6. The van der Waals surface area contributed by atoms with E-state index in [2.05, 4.69) is 33.5 Å². The number of carbonyl (C=O) groups excluding carboxylic acids is 6. The Kier molecular flexibility index (Phi) is 22.2. The number of fused-ring (bicyclic) bond motifs is 5. The summed E-state index contributed by atoms with van der Waals surface area (Å²) in [5, 5.41) is 22.5. The van der Waals surface area contributed by atoms with Gasteiger partial charge in [0.1, 0.15) is 55.4 Å². The maximum absolute atomic E-state index is 14.4. The van der Waals surface area contributed by atoms with Crippen molar-refractivity contribution in [2.75, 3.05) is 53.0 Å². The molecule has 4 atom stereocenters. The minimum atomic E-state index is -1.39. The van der Waals surface area contributed by atoms with Gasteiger partial charge in [0.05, 0.1) is 6.07 Å². The molecular weight excluding hydrogens is 797 g/mol. The first-order chi connectivity index (χ1) is 29.9. The maximum Gasteiger partial charge on any atom is 0.248 e. The largest absolute Gasteiger partial charge is 0.492 e. The summed E-state index contributed by atoms with van der Waals surface area (Å²) in [6, 6.07) is 7.06. The van der Waals surface area contributed by atoms with E-state index >= 15 is 0 Å². The van der Waals surface area contributed by atoms with E-state index in [0.29, 0.717) is 40.3 Å². The van der Waals surface area contributed by atoms with Crippen molar-refractivity contribution in [3.8, 4) is 28.7 Å². The first-order valence-corrected chi connectivity index (χ1v) is 21.6. The Hall–Kier alpha value is -5.77. The van der Waals surface area contributed by atoms with Crippen LogP contribution in [0, 0.1) is 11.3 Å². The number of hydrogen-bond acceptors (Lipinski definition) is 12. The molecule has 4 bridgehead atoms. The molecular formula is C44H66N10O8. The molecule has 2 aromatic rings. The Bertz CT molecular complexity index is 1850. The number of nitriles is 1.